The Morgan fingerprint density at radius 2 is 2.16 bits per heavy atom. The van der Waals surface area contributed by atoms with Crippen LogP contribution in [0.25, 0.3) is 0 Å². The molecule has 1 aliphatic rings. The van der Waals surface area contributed by atoms with E-state index in [1.54, 1.807) is 6.20 Å². The van der Waals surface area contributed by atoms with Gasteiger partial charge in [0.2, 0.25) is 5.91 Å². The maximum atomic E-state index is 11.0. The van der Waals surface area contributed by atoms with Gasteiger partial charge in [-0.15, -0.1) is 0 Å². The van der Waals surface area contributed by atoms with E-state index in [9.17, 15) is 4.79 Å². The van der Waals surface area contributed by atoms with Crippen LogP contribution >= 0.6 is 0 Å². The first-order chi connectivity index (χ1) is 9.04. The van der Waals surface area contributed by atoms with Gasteiger partial charge in [-0.1, -0.05) is 0 Å². The highest BCUT2D eigenvalue weighted by Crippen LogP contribution is 2.20. The van der Waals surface area contributed by atoms with E-state index in [0.29, 0.717) is 12.0 Å². The summed E-state index contributed by atoms with van der Waals surface area (Å²) in [6, 6.07) is 0.650. The molecule has 106 valence electrons. The van der Waals surface area contributed by atoms with Gasteiger partial charge in [-0.2, -0.15) is 5.10 Å². The average Bonchev–Trinajstić information content (AvgIpc) is 2.76. The molecule has 2 heterocycles. The monoisotopic (exact) mass is 264 g/mol. The van der Waals surface area contributed by atoms with Crippen LogP contribution in [0.5, 0.6) is 0 Å². The third-order valence-electron chi connectivity index (χ3n) is 3.78. The number of amides is 1. The number of carbonyl (C=O) groups is 1. The van der Waals surface area contributed by atoms with E-state index in [4.69, 9.17) is 0 Å². The Bertz CT molecular complexity index is 419. The molecule has 1 aromatic heterocycles. The summed E-state index contributed by atoms with van der Waals surface area (Å²) < 4.78 is 1.95. The van der Waals surface area contributed by atoms with Crippen molar-refractivity contribution in [3.05, 3.63) is 12.4 Å². The summed E-state index contributed by atoms with van der Waals surface area (Å²) >= 11 is 0. The Morgan fingerprint density at radius 1 is 1.47 bits per heavy atom. The molecule has 1 aromatic rings. The number of hydrogen-bond donors (Lipinski definition) is 1. The minimum Gasteiger partial charge on any atom is -0.324 e. The van der Waals surface area contributed by atoms with Gasteiger partial charge in [0.25, 0.3) is 0 Å². The average molecular weight is 264 g/mol. The number of piperidine rings is 1. The number of carbonyl (C=O) groups excluding carboxylic acids is 1. The van der Waals surface area contributed by atoms with Crippen molar-refractivity contribution in [3.8, 4) is 0 Å². The first kappa shape index (κ1) is 14.1. The van der Waals surface area contributed by atoms with E-state index in [2.05, 4.69) is 29.2 Å². The molecule has 1 N–H and O–H groups in total. The number of rotatable bonds is 4. The maximum Gasteiger partial charge on any atom is 0.221 e. The van der Waals surface area contributed by atoms with Gasteiger partial charge >= 0.3 is 0 Å². The second-order valence-corrected chi connectivity index (χ2v) is 5.71. The minimum atomic E-state index is -0.0511. The summed E-state index contributed by atoms with van der Waals surface area (Å²) in [5.74, 6) is 0.643. The van der Waals surface area contributed by atoms with E-state index in [-0.39, 0.29) is 5.91 Å². The summed E-state index contributed by atoms with van der Waals surface area (Å²) in [7, 11) is 0. The Hall–Kier alpha value is -1.36. The van der Waals surface area contributed by atoms with E-state index in [0.717, 1.165) is 12.2 Å². The highest BCUT2D eigenvalue weighted by Gasteiger charge is 2.21. The van der Waals surface area contributed by atoms with Crippen molar-refractivity contribution in [2.24, 2.45) is 5.92 Å². The Balaban J connectivity index is 1.82. The number of nitrogens with one attached hydrogen (secondary N) is 1. The van der Waals surface area contributed by atoms with Crippen molar-refractivity contribution in [1.82, 2.24) is 14.7 Å². The molecule has 0 unspecified atom stereocenters. The number of hydrogen-bond acceptors (Lipinski definition) is 3. The molecule has 0 bridgehead atoms. The second kappa shape index (κ2) is 6.19. The maximum absolute atomic E-state index is 11.0. The van der Waals surface area contributed by atoms with Gasteiger partial charge in [0.15, 0.2) is 0 Å². The Kier molecular flexibility index (Phi) is 4.58. The van der Waals surface area contributed by atoms with Crippen molar-refractivity contribution in [1.29, 1.82) is 0 Å². The summed E-state index contributed by atoms with van der Waals surface area (Å²) in [5, 5.41) is 7.06. The Labute approximate surface area is 115 Å². The molecular weight excluding hydrogens is 240 g/mol. The standard InChI is InChI=1S/C14H24N4O/c1-11(2)17-6-4-13(5-7-17)9-18-10-14(8-15-18)16-12(3)19/h8,10-11,13H,4-7,9H2,1-3H3,(H,16,19). The zero-order valence-electron chi connectivity index (χ0n) is 12.1. The lowest BCUT2D eigenvalue weighted by Crippen LogP contribution is -2.39. The van der Waals surface area contributed by atoms with Crippen LogP contribution in [0.4, 0.5) is 5.69 Å². The number of likely N-dealkylation sites (tertiary alicyclic amines) is 1. The molecule has 5 nitrogen and oxygen atoms in total. The summed E-state index contributed by atoms with van der Waals surface area (Å²) in [4.78, 5) is 13.5. The van der Waals surface area contributed by atoms with Crippen LogP contribution in [0.3, 0.4) is 0 Å². The van der Waals surface area contributed by atoms with Crippen LogP contribution in [0.15, 0.2) is 12.4 Å². The van der Waals surface area contributed by atoms with Crippen molar-refractivity contribution in [2.75, 3.05) is 18.4 Å². The smallest absolute Gasteiger partial charge is 0.221 e. The lowest BCUT2D eigenvalue weighted by Gasteiger charge is -2.34. The third-order valence-corrected chi connectivity index (χ3v) is 3.78. The van der Waals surface area contributed by atoms with Gasteiger partial charge in [-0.25, -0.2) is 0 Å². The summed E-state index contributed by atoms with van der Waals surface area (Å²) in [6.45, 7) is 9.34. The van der Waals surface area contributed by atoms with Crippen LogP contribution < -0.4 is 5.32 Å². The third kappa shape index (κ3) is 4.06. The van der Waals surface area contributed by atoms with Crippen LogP contribution in [0.2, 0.25) is 0 Å². The summed E-state index contributed by atoms with van der Waals surface area (Å²) in [6.07, 6.45) is 6.09. The fourth-order valence-corrected chi connectivity index (χ4v) is 2.65. The number of nitrogens with zero attached hydrogens (tertiary/aromatic N) is 3. The zero-order valence-corrected chi connectivity index (χ0v) is 12.1. The first-order valence-electron chi connectivity index (χ1n) is 7.08. The first-order valence-corrected chi connectivity index (χ1v) is 7.08. The highest BCUT2D eigenvalue weighted by molar-refractivity contribution is 5.88. The van der Waals surface area contributed by atoms with Gasteiger partial charge in [-0.3, -0.25) is 9.48 Å². The molecule has 2 rings (SSSR count). The number of aromatic nitrogens is 2. The quantitative estimate of drug-likeness (QED) is 0.904. The van der Waals surface area contributed by atoms with Crippen molar-refractivity contribution in [2.45, 2.75) is 46.2 Å². The topological polar surface area (TPSA) is 50.2 Å². The number of anilines is 1. The van der Waals surface area contributed by atoms with Gasteiger partial charge in [0, 0.05) is 25.7 Å². The molecule has 0 radical (unpaired) electrons. The van der Waals surface area contributed by atoms with Crippen molar-refractivity contribution >= 4 is 11.6 Å². The zero-order chi connectivity index (χ0) is 13.8. The highest BCUT2D eigenvalue weighted by atomic mass is 16.1. The molecular formula is C14H24N4O. The van der Waals surface area contributed by atoms with Crippen molar-refractivity contribution in [3.63, 3.8) is 0 Å². The molecule has 1 amide bonds. The second-order valence-electron chi connectivity index (χ2n) is 5.71. The lowest BCUT2D eigenvalue weighted by atomic mass is 9.96. The van der Waals surface area contributed by atoms with Crippen LogP contribution in [-0.4, -0.2) is 39.7 Å². The van der Waals surface area contributed by atoms with E-state index >= 15 is 0 Å². The van der Waals surface area contributed by atoms with Crippen LogP contribution in [-0.2, 0) is 11.3 Å². The predicted octanol–water partition coefficient (Wildman–Crippen LogP) is 1.96. The van der Waals surface area contributed by atoms with Gasteiger partial charge in [0.05, 0.1) is 11.9 Å². The molecule has 1 saturated heterocycles. The van der Waals surface area contributed by atoms with E-state index in [1.807, 2.05) is 10.9 Å². The largest absolute Gasteiger partial charge is 0.324 e. The van der Waals surface area contributed by atoms with Gasteiger partial charge < -0.3 is 10.2 Å². The van der Waals surface area contributed by atoms with Crippen LogP contribution in [0.1, 0.15) is 33.6 Å². The molecule has 1 aliphatic heterocycles. The minimum absolute atomic E-state index is 0.0511. The van der Waals surface area contributed by atoms with E-state index < -0.39 is 0 Å². The van der Waals surface area contributed by atoms with Gasteiger partial charge in [0.1, 0.15) is 0 Å². The van der Waals surface area contributed by atoms with Crippen molar-refractivity contribution < 1.29 is 4.79 Å². The predicted molar refractivity (Wildman–Crippen MR) is 76.0 cm³/mol. The summed E-state index contributed by atoms with van der Waals surface area (Å²) in [5.41, 5.74) is 0.784. The fourth-order valence-electron chi connectivity index (χ4n) is 2.65. The molecule has 0 spiro atoms. The molecule has 5 heteroatoms. The molecule has 0 atom stereocenters. The molecule has 0 aliphatic carbocycles. The SMILES string of the molecule is CC(=O)Nc1cnn(CC2CCN(C(C)C)CC2)c1. The van der Waals surface area contributed by atoms with Crippen LogP contribution in [0, 0.1) is 5.92 Å². The van der Waals surface area contributed by atoms with E-state index in [1.165, 1.54) is 32.9 Å². The molecule has 0 saturated carbocycles. The van der Waals surface area contributed by atoms with Gasteiger partial charge in [-0.05, 0) is 45.7 Å². The Morgan fingerprint density at radius 3 is 2.74 bits per heavy atom. The molecule has 19 heavy (non-hydrogen) atoms. The lowest BCUT2D eigenvalue weighted by molar-refractivity contribution is -0.114. The fraction of sp³-hybridized carbons (Fsp3) is 0.714. The molecule has 1 fully saturated rings. The normalized spacial score (nSPS) is 17.9. The molecule has 0 aromatic carbocycles.